The molecule has 0 spiro atoms. The Kier molecular flexibility index (Phi) is 4.62. The molecule has 0 aliphatic heterocycles. The molecule has 4 aromatic rings. The van der Waals surface area contributed by atoms with Crippen molar-refractivity contribution in [3.8, 4) is 5.95 Å². The maximum absolute atomic E-state index is 5.06. The molecule has 0 saturated heterocycles. The average Bonchev–Trinajstić information content (AvgIpc) is 3.29. The van der Waals surface area contributed by atoms with Gasteiger partial charge in [-0.05, 0) is 19.1 Å². The van der Waals surface area contributed by atoms with Gasteiger partial charge in [-0.3, -0.25) is 5.10 Å². The monoisotopic (exact) mass is 365 g/mol. The van der Waals surface area contributed by atoms with Crippen LogP contribution in [0, 0.1) is 6.92 Å². The van der Waals surface area contributed by atoms with Crippen molar-refractivity contribution < 1.29 is 4.74 Å². The van der Waals surface area contributed by atoms with E-state index in [0.29, 0.717) is 42.6 Å². The van der Waals surface area contributed by atoms with Crippen LogP contribution < -0.4 is 10.6 Å². The number of ether oxygens (including phenoxy) is 1. The molecule has 1 aromatic carbocycles. The molecule has 27 heavy (non-hydrogen) atoms. The first-order chi connectivity index (χ1) is 13.2. The molecule has 0 amide bonds. The Labute approximate surface area is 155 Å². The predicted octanol–water partition coefficient (Wildman–Crippen LogP) is 2.04. The minimum atomic E-state index is 0.467. The summed E-state index contributed by atoms with van der Waals surface area (Å²) in [5.41, 5.74) is 1.70. The number of imidazole rings is 1. The minimum Gasteiger partial charge on any atom is -0.383 e. The number of aromatic amines is 1. The predicted molar refractivity (Wildman–Crippen MR) is 101 cm³/mol. The highest BCUT2D eigenvalue weighted by atomic mass is 16.5. The van der Waals surface area contributed by atoms with Gasteiger partial charge < -0.3 is 15.4 Å². The lowest BCUT2D eigenvalue weighted by molar-refractivity contribution is 0.210. The summed E-state index contributed by atoms with van der Waals surface area (Å²) >= 11 is 0. The third-order valence-corrected chi connectivity index (χ3v) is 3.83. The Hall–Kier alpha value is -3.53. The number of hydrogen-bond donors (Lipinski definition) is 3. The zero-order valence-corrected chi connectivity index (χ0v) is 15.0. The second kappa shape index (κ2) is 7.38. The van der Waals surface area contributed by atoms with Crippen molar-refractivity contribution in [2.45, 2.75) is 6.92 Å². The van der Waals surface area contributed by atoms with Gasteiger partial charge in [0.1, 0.15) is 5.82 Å². The Bertz CT molecular complexity index is 1040. The number of para-hydroxylation sites is 2. The molecule has 10 nitrogen and oxygen atoms in total. The Morgan fingerprint density at radius 1 is 1.11 bits per heavy atom. The summed E-state index contributed by atoms with van der Waals surface area (Å²) in [4.78, 5) is 18.1. The molecule has 0 fully saturated rings. The molecule has 0 atom stereocenters. The van der Waals surface area contributed by atoms with Gasteiger partial charge in [-0.25, -0.2) is 9.55 Å². The summed E-state index contributed by atoms with van der Waals surface area (Å²) in [7, 11) is 1.65. The van der Waals surface area contributed by atoms with Crippen molar-refractivity contribution >= 4 is 28.7 Å². The van der Waals surface area contributed by atoms with Gasteiger partial charge in [-0.2, -0.15) is 20.1 Å². The number of aromatic nitrogens is 7. The minimum absolute atomic E-state index is 0.467. The number of H-pyrrole nitrogens is 1. The fraction of sp³-hybridized carbons (Fsp3) is 0.235. The van der Waals surface area contributed by atoms with Crippen LogP contribution in [0.5, 0.6) is 0 Å². The molecule has 0 saturated carbocycles. The number of rotatable bonds is 7. The van der Waals surface area contributed by atoms with E-state index in [1.54, 1.807) is 13.3 Å². The summed E-state index contributed by atoms with van der Waals surface area (Å²) in [6.45, 7) is 2.98. The SMILES string of the molecule is COCCNc1nc(C)nc(-n2c(Nc3cc[nH]n3)nc3ccccc32)n1. The van der Waals surface area contributed by atoms with Crippen LogP contribution in [0.1, 0.15) is 5.82 Å². The summed E-state index contributed by atoms with van der Waals surface area (Å²) < 4.78 is 6.91. The van der Waals surface area contributed by atoms with E-state index < -0.39 is 0 Å². The first-order valence-electron chi connectivity index (χ1n) is 8.45. The maximum atomic E-state index is 5.06. The fourth-order valence-corrected chi connectivity index (χ4v) is 2.67. The van der Waals surface area contributed by atoms with Crippen LogP contribution in [0.4, 0.5) is 17.7 Å². The van der Waals surface area contributed by atoms with Crippen molar-refractivity contribution in [1.29, 1.82) is 0 Å². The standard InChI is InChI=1S/C17H19N9O/c1-11-20-15(18-9-10-27-2)24-16(21-11)26-13-6-4-3-5-12(13)22-17(26)23-14-7-8-19-25-14/h3-8H,9-10H2,1-2H3,(H,18,20,21,24)(H2,19,22,23,25). The molecule has 0 aliphatic carbocycles. The summed E-state index contributed by atoms with van der Waals surface area (Å²) in [6.07, 6.45) is 1.74. The zero-order chi connectivity index (χ0) is 18.6. The van der Waals surface area contributed by atoms with Gasteiger partial charge in [0.2, 0.25) is 17.8 Å². The Morgan fingerprint density at radius 2 is 2.00 bits per heavy atom. The normalized spacial score (nSPS) is 11.0. The summed E-state index contributed by atoms with van der Waals surface area (Å²) in [6, 6.07) is 9.61. The molecule has 3 aromatic heterocycles. The quantitative estimate of drug-likeness (QED) is 0.426. The Morgan fingerprint density at radius 3 is 2.81 bits per heavy atom. The number of methoxy groups -OCH3 is 1. The molecular weight excluding hydrogens is 346 g/mol. The van der Waals surface area contributed by atoms with E-state index >= 15 is 0 Å². The molecule has 3 N–H and O–H groups in total. The van der Waals surface area contributed by atoms with E-state index in [1.165, 1.54) is 0 Å². The van der Waals surface area contributed by atoms with E-state index in [1.807, 2.05) is 41.8 Å². The van der Waals surface area contributed by atoms with E-state index in [4.69, 9.17) is 4.74 Å². The zero-order valence-electron chi connectivity index (χ0n) is 15.0. The first kappa shape index (κ1) is 16.9. The largest absolute Gasteiger partial charge is 0.383 e. The van der Waals surface area contributed by atoms with Gasteiger partial charge in [0.15, 0.2) is 5.82 Å². The second-order valence-corrected chi connectivity index (χ2v) is 5.77. The van der Waals surface area contributed by atoms with Crippen LogP contribution >= 0.6 is 0 Å². The molecule has 3 heterocycles. The van der Waals surface area contributed by atoms with E-state index in [0.717, 1.165) is 11.0 Å². The molecule has 10 heteroatoms. The summed E-state index contributed by atoms with van der Waals surface area (Å²) in [5.74, 6) is 2.77. The maximum Gasteiger partial charge on any atom is 0.242 e. The Balaban J connectivity index is 1.80. The molecule has 0 radical (unpaired) electrons. The molecule has 0 unspecified atom stereocenters. The van der Waals surface area contributed by atoms with Crippen LogP contribution in [0.2, 0.25) is 0 Å². The number of hydrogen-bond acceptors (Lipinski definition) is 8. The molecular formula is C17H19N9O. The third-order valence-electron chi connectivity index (χ3n) is 3.83. The number of benzene rings is 1. The lowest BCUT2D eigenvalue weighted by atomic mass is 10.3. The highest BCUT2D eigenvalue weighted by Gasteiger charge is 2.16. The second-order valence-electron chi connectivity index (χ2n) is 5.77. The van der Waals surface area contributed by atoms with Gasteiger partial charge in [-0.1, -0.05) is 12.1 Å². The van der Waals surface area contributed by atoms with Crippen LogP contribution in [-0.4, -0.2) is 55.0 Å². The lowest BCUT2D eigenvalue weighted by Gasteiger charge is -2.10. The van der Waals surface area contributed by atoms with Gasteiger partial charge in [-0.15, -0.1) is 0 Å². The first-order valence-corrected chi connectivity index (χ1v) is 8.45. The smallest absolute Gasteiger partial charge is 0.242 e. The molecule has 4 rings (SSSR count). The highest BCUT2D eigenvalue weighted by molar-refractivity contribution is 5.81. The van der Waals surface area contributed by atoms with Gasteiger partial charge >= 0.3 is 0 Å². The van der Waals surface area contributed by atoms with Crippen LogP contribution in [0.3, 0.4) is 0 Å². The van der Waals surface area contributed by atoms with Gasteiger partial charge in [0.05, 0.1) is 17.6 Å². The summed E-state index contributed by atoms with van der Waals surface area (Å²) in [5, 5.41) is 13.3. The number of fused-ring (bicyclic) bond motifs is 1. The average molecular weight is 365 g/mol. The van der Waals surface area contributed by atoms with Crippen molar-refractivity contribution in [3.05, 3.63) is 42.4 Å². The number of nitrogens with zero attached hydrogens (tertiary/aromatic N) is 6. The van der Waals surface area contributed by atoms with Gasteiger partial charge in [0.25, 0.3) is 0 Å². The van der Waals surface area contributed by atoms with Crippen molar-refractivity contribution in [2.75, 3.05) is 30.9 Å². The highest BCUT2D eigenvalue weighted by Crippen LogP contribution is 2.25. The van der Waals surface area contributed by atoms with E-state index in [2.05, 4.69) is 40.8 Å². The van der Waals surface area contributed by atoms with Crippen LogP contribution in [0.25, 0.3) is 17.0 Å². The van der Waals surface area contributed by atoms with Crippen molar-refractivity contribution in [2.24, 2.45) is 0 Å². The van der Waals surface area contributed by atoms with E-state index in [-0.39, 0.29) is 0 Å². The third kappa shape index (κ3) is 3.55. The van der Waals surface area contributed by atoms with E-state index in [9.17, 15) is 0 Å². The van der Waals surface area contributed by atoms with Crippen molar-refractivity contribution in [1.82, 2.24) is 34.7 Å². The number of anilines is 3. The van der Waals surface area contributed by atoms with Crippen LogP contribution in [0.15, 0.2) is 36.5 Å². The topological polar surface area (TPSA) is 118 Å². The number of nitrogens with one attached hydrogen (secondary N) is 3. The van der Waals surface area contributed by atoms with Crippen LogP contribution in [-0.2, 0) is 4.74 Å². The number of aryl methyl sites for hydroxylation is 1. The fourth-order valence-electron chi connectivity index (χ4n) is 2.67. The molecule has 0 aliphatic rings. The van der Waals surface area contributed by atoms with Gasteiger partial charge in [0, 0.05) is 25.9 Å². The molecule has 0 bridgehead atoms. The lowest BCUT2D eigenvalue weighted by Crippen LogP contribution is -2.14. The molecule has 138 valence electrons. The van der Waals surface area contributed by atoms with Crippen molar-refractivity contribution in [3.63, 3.8) is 0 Å².